The summed E-state index contributed by atoms with van der Waals surface area (Å²) in [6.07, 6.45) is 1.88. The molecule has 0 radical (unpaired) electrons. The monoisotopic (exact) mass is 283 g/mol. The van der Waals surface area contributed by atoms with Gasteiger partial charge in [-0.15, -0.1) is 0 Å². The van der Waals surface area contributed by atoms with Gasteiger partial charge in [-0.05, 0) is 19.1 Å². The van der Waals surface area contributed by atoms with E-state index in [9.17, 15) is 4.79 Å². The van der Waals surface area contributed by atoms with Crippen LogP contribution in [0.25, 0.3) is 0 Å². The van der Waals surface area contributed by atoms with Crippen LogP contribution in [0.1, 0.15) is 27.2 Å². The van der Waals surface area contributed by atoms with Gasteiger partial charge < -0.3 is 10.4 Å². The number of nitrogens with zero attached hydrogens (tertiary/aromatic N) is 2. The number of carbonyl (C=O) groups excluding carboxylic acids is 1. The third-order valence-electron chi connectivity index (χ3n) is 3.03. The van der Waals surface area contributed by atoms with Crippen molar-refractivity contribution >= 4 is 5.91 Å². The van der Waals surface area contributed by atoms with Gasteiger partial charge in [0.25, 0.3) is 5.91 Å². The highest BCUT2D eigenvalue weighted by Crippen LogP contribution is 2.09. The summed E-state index contributed by atoms with van der Waals surface area (Å²) in [5, 5.41) is 15.9. The second kappa shape index (κ2) is 6.73. The van der Waals surface area contributed by atoms with E-state index in [1.165, 1.54) is 0 Å². The number of aromatic nitrogens is 2. The van der Waals surface area contributed by atoms with Crippen molar-refractivity contribution in [3.8, 4) is 11.8 Å². The van der Waals surface area contributed by atoms with E-state index >= 15 is 0 Å². The second-order valence-corrected chi connectivity index (χ2v) is 4.60. The van der Waals surface area contributed by atoms with Crippen LogP contribution in [-0.2, 0) is 13.6 Å². The van der Waals surface area contributed by atoms with Gasteiger partial charge in [-0.25, -0.2) is 0 Å². The average Bonchev–Trinajstić information content (AvgIpc) is 2.81. The molecular formula is C16H17N3O2. The van der Waals surface area contributed by atoms with Crippen molar-refractivity contribution in [3.63, 3.8) is 0 Å². The molecule has 2 N–H and O–H groups in total. The summed E-state index contributed by atoms with van der Waals surface area (Å²) in [6.45, 7) is 2.09. The molecule has 1 aromatic carbocycles. The first kappa shape index (κ1) is 14.8. The third-order valence-corrected chi connectivity index (χ3v) is 3.03. The fraction of sp³-hybridized carbons (Fsp3) is 0.250. The molecule has 0 fully saturated rings. The van der Waals surface area contributed by atoms with E-state index < -0.39 is 0 Å². The first-order chi connectivity index (χ1) is 10.1. The maximum Gasteiger partial charge on any atom is 0.252 e. The van der Waals surface area contributed by atoms with Gasteiger partial charge in [0.05, 0.1) is 11.3 Å². The van der Waals surface area contributed by atoms with Gasteiger partial charge in [0.1, 0.15) is 6.61 Å². The molecular weight excluding hydrogens is 266 g/mol. The van der Waals surface area contributed by atoms with Crippen molar-refractivity contribution in [2.24, 2.45) is 7.05 Å². The lowest BCUT2D eigenvalue weighted by atomic mass is 10.1. The average molecular weight is 283 g/mol. The summed E-state index contributed by atoms with van der Waals surface area (Å²) in [7, 11) is 1.85. The number of aliphatic hydroxyl groups excluding tert-OH is 1. The zero-order chi connectivity index (χ0) is 15.2. The Kier molecular flexibility index (Phi) is 4.75. The normalized spacial score (nSPS) is 9.86. The summed E-state index contributed by atoms with van der Waals surface area (Å²) >= 11 is 0. The number of rotatable bonds is 3. The summed E-state index contributed by atoms with van der Waals surface area (Å²) in [5.74, 6) is 5.15. The molecule has 1 amide bonds. The smallest absolute Gasteiger partial charge is 0.252 e. The predicted octanol–water partition coefficient (Wildman–Crippen LogP) is 1.00. The lowest BCUT2D eigenvalue weighted by Gasteiger charge is -2.06. The minimum Gasteiger partial charge on any atom is -0.384 e. The van der Waals surface area contributed by atoms with Crippen LogP contribution in [0.2, 0.25) is 0 Å². The number of aliphatic hydroxyl groups is 1. The van der Waals surface area contributed by atoms with Gasteiger partial charge in [0.15, 0.2) is 0 Å². The van der Waals surface area contributed by atoms with Crippen molar-refractivity contribution in [2.75, 3.05) is 6.61 Å². The Morgan fingerprint density at radius 1 is 1.43 bits per heavy atom. The van der Waals surface area contributed by atoms with Crippen LogP contribution in [-0.4, -0.2) is 27.4 Å². The first-order valence-electron chi connectivity index (χ1n) is 6.58. The SMILES string of the molecule is Cc1nn(C)cc1CNC(=O)c1ccccc1C#CCO. The van der Waals surface area contributed by atoms with E-state index in [1.54, 1.807) is 22.9 Å². The number of carbonyl (C=O) groups is 1. The van der Waals surface area contributed by atoms with E-state index in [0.29, 0.717) is 17.7 Å². The second-order valence-electron chi connectivity index (χ2n) is 4.60. The Morgan fingerprint density at radius 3 is 2.86 bits per heavy atom. The molecule has 2 aromatic rings. The van der Waals surface area contributed by atoms with Crippen LogP contribution in [0.3, 0.4) is 0 Å². The summed E-state index contributed by atoms with van der Waals surface area (Å²) < 4.78 is 1.72. The molecule has 5 nitrogen and oxygen atoms in total. The zero-order valence-electron chi connectivity index (χ0n) is 12.1. The van der Waals surface area contributed by atoms with E-state index in [2.05, 4.69) is 22.3 Å². The van der Waals surface area contributed by atoms with Gasteiger partial charge in [-0.1, -0.05) is 24.0 Å². The molecule has 0 aliphatic rings. The van der Waals surface area contributed by atoms with E-state index in [4.69, 9.17) is 5.11 Å². The minimum absolute atomic E-state index is 0.193. The van der Waals surface area contributed by atoms with Gasteiger partial charge in [-0.3, -0.25) is 9.48 Å². The number of benzene rings is 1. The number of hydrogen-bond acceptors (Lipinski definition) is 3. The molecule has 2 rings (SSSR count). The molecule has 0 saturated carbocycles. The van der Waals surface area contributed by atoms with Crippen LogP contribution in [0.15, 0.2) is 30.5 Å². The molecule has 5 heteroatoms. The lowest BCUT2D eigenvalue weighted by molar-refractivity contribution is 0.0950. The fourth-order valence-electron chi connectivity index (χ4n) is 2.02. The Morgan fingerprint density at radius 2 is 2.19 bits per heavy atom. The molecule has 0 spiro atoms. The molecule has 1 heterocycles. The van der Waals surface area contributed by atoms with Gasteiger partial charge in [-0.2, -0.15) is 5.10 Å². The molecule has 0 bridgehead atoms. The maximum absolute atomic E-state index is 12.3. The molecule has 0 unspecified atom stereocenters. The van der Waals surface area contributed by atoms with E-state index in [1.807, 2.05) is 26.2 Å². The quantitative estimate of drug-likeness (QED) is 0.826. The van der Waals surface area contributed by atoms with E-state index in [0.717, 1.165) is 11.3 Å². The highest BCUT2D eigenvalue weighted by molar-refractivity contribution is 5.96. The van der Waals surface area contributed by atoms with Gasteiger partial charge in [0, 0.05) is 30.9 Å². The molecule has 1 aromatic heterocycles. The Hall–Kier alpha value is -2.58. The van der Waals surface area contributed by atoms with Gasteiger partial charge >= 0.3 is 0 Å². The highest BCUT2D eigenvalue weighted by atomic mass is 16.2. The number of nitrogens with one attached hydrogen (secondary N) is 1. The molecule has 0 aliphatic heterocycles. The van der Waals surface area contributed by atoms with Crippen LogP contribution < -0.4 is 5.32 Å². The standard InChI is InChI=1S/C16H17N3O2/c1-12-14(11-19(2)18-12)10-17-16(21)15-8-4-3-6-13(15)7-5-9-20/h3-4,6,8,11,20H,9-10H2,1-2H3,(H,17,21). The van der Waals surface area contributed by atoms with Crippen LogP contribution >= 0.6 is 0 Å². The molecule has 21 heavy (non-hydrogen) atoms. The van der Waals surface area contributed by atoms with Crippen molar-refractivity contribution in [2.45, 2.75) is 13.5 Å². The van der Waals surface area contributed by atoms with Crippen LogP contribution in [0.4, 0.5) is 0 Å². The lowest BCUT2D eigenvalue weighted by Crippen LogP contribution is -2.23. The minimum atomic E-state index is -0.231. The van der Waals surface area contributed by atoms with Crippen LogP contribution in [0.5, 0.6) is 0 Å². The number of amides is 1. The number of aryl methyl sites for hydroxylation is 2. The summed E-state index contributed by atoms with van der Waals surface area (Å²) in [5.41, 5.74) is 2.97. The Bertz CT molecular complexity index is 708. The van der Waals surface area contributed by atoms with Crippen molar-refractivity contribution in [1.29, 1.82) is 0 Å². The van der Waals surface area contributed by atoms with Crippen molar-refractivity contribution < 1.29 is 9.90 Å². The van der Waals surface area contributed by atoms with Crippen LogP contribution in [0, 0.1) is 18.8 Å². The molecule has 108 valence electrons. The predicted molar refractivity (Wildman–Crippen MR) is 79.5 cm³/mol. The van der Waals surface area contributed by atoms with Crippen molar-refractivity contribution in [1.82, 2.24) is 15.1 Å². The summed E-state index contributed by atoms with van der Waals surface area (Å²) in [6, 6.07) is 7.07. The zero-order valence-corrected chi connectivity index (χ0v) is 12.1. The maximum atomic E-state index is 12.3. The van der Waals surface area contributed by atoms with Crippen molar-refractivity contribution in [3.05, 3.63) is 52.8 Å². The molecule has 0 atom stereocenters. The van der Waals surface area contributed by atoms with Gasteiger partial charge in [0.2, 0.25) is 0 Å². The topological polar surface area (TPSA) is 67.2 Å². The first-order valence-corrected chi connectivity index (χ1v) is 6.58. The highest BCUT2D eigenvalue weighted by Gasteiger charge is 2.10. The third kappa shape index (κ3) is 3.71. The summed E-state index contributed by atoms with van der Waals surface area (Å²) in [4.78, 5) is 12.3. The number of hydrogen-bond donors (Lipinski definition) is 2. The largest absolute Gasteiger partial charge is 0.384 e. The molecule has 0 saturated heterocycles. The fourth-order valence-corrected chi connectivity index (χ4v) is 2.02. The Labute approximate surface area is 123 Å². The Balaban J connectivity index is 2.12. The van der Waals surface area contributed by atoms with E-state index in [-0.39, 0.29) is 12.5 Å². The molecule has 0 aliphatic carbocycles.